The normalized spacial score (nSPS) is 10.1. The molecule has 1 aromatic heterocycles. The molecule has 0 bridgehead atoms. The summed E-state index contributed by atoms with van der Waals surface area (Å²) >= 11 is 0. The quantitative estimate of drug-likeness (QED) is 0.676. The fraction of sp³-hybridized carbons (Fsp3) is 0.200. The molecule has 0 spiro atoms. The van der Waals surface area contributed by atoms with Gasteiger partial charge in [-0.15, -0.1) is 0 Å². The maximum atomic E-state index is 11.8. The minimum Gasteiger partial charge on any atom is -0.476 e. The number of nitro groups is 1. The highest BCUT2D eigenvalue weighted by atomic mass is 16.6. The highest BCUT2D eigenvalue weighted by Gasteiger charge is 2.16. The number of amides is 1. The van der Waals surface area contributed by atoms with Gasteiger partial charge in [0, 0.05) is 5.69 Å². The van der Waals surface area contributed by atoms with Gasteiger partial charge in [-0.3, -0.25) is 4.79 Å². The Morgan fingerprint density at radius 2 is 2.09 bits per heavy atom. The Morgan fingerprint density at radius 3 is 2.77 bits per heavy atom. The third kappa shape index (κ3) is 3.78. The molecule has 2 aromatic rings. The van der Waals surface area contributed by atoms with Gasteiger partial charge in [-0.1, -0.05) is 6.07 Å². The smallest absolute Gasteiger partial charge is 0.406 e. The van der Waals surface area contributed by atoms with Crippen molar-refractivity contribution in [2.24, 2.45) is 0 Å². The second-order valence-corrected chi connectivity index (χ2v) is 4.72. The molecule has 0 fully saturated rings. The summed E-state index contributed by atoms with van der Waals surface area (Å²) in [5, 5.41) is 13.5. The van der Waals surface area contributed by atoms with Crippen LogP contribution in [0.2, 0.25) is 0 Å². The molecule has 22 heavy (non-hydrogen) atoms. The van der Waals surface area contributed by atoms with Gasteiger partial charge in [-0.25, -0.2) is 0 Å². The van der Waals surface area contributed by atoms with Crippen LogP contribution in [0.25, 0.3) is 0 Å². The predicted octanol–water partition coefficient (Wildman–Crippen LogP) is 2.62. The summed E-state index contributed by atoms with van der Waals surface area (Å²) in [5.41, 5.74) is 2.83. The molecule has 0 aliphatic rings. The van der Waals surface area contributed by atoms with Crippen molar-refractivity contribution in [1.82, 2.24) is 4.98 Å². The van der Waals surface area contributed by atoms with Crippen LogP contribution in [-0.4, -0.2) is 22.4 Å². The number of nitrogens with zero attached hydrogens (tertiary/aromatic N) is 2. The van der Waals surface area contributed by atoms with E-state index in [2.05, 4.69) is 10.3 Å². The maximum absolute atomic E-state index is 11.8. The van der Waals surface area contributed by atoms with Crippen LogP contribution in [0.4, 0.5) is 11.5 Å². The number of hydrogen-bond donors (Lipinski definition) is 1. The van der Waals surface area contributed by atoms with E-state index in [1.165, 1.54) is 18.3 Å². The summed E-state index contributed by atoms with van der Waals surface area (Å²) in [5.74, 6) is -0.856. The highest BCUT2D eigenvalue weighted by Crippen LogP contribution is 2.22. The van der Waals surface area contributed by atoms with Crippen LogP contribution in [0.5, 0.6) is 5.75 Å². The first kappa shape index (κ1) is 15.4. The number of anilines is 1. The number of carbonyl (C=O) groups excluding carboxylic acids is 1. The topological polar surface area (TPSA) is 94.4 Å². The van der Waals surface area contributed by atoms with Gasteiger partial charge in [0.2, 0.25) is 5.75 Å². The first-order chi connectivity index (χ1) is 10.5. The fourth-order valence-corrected chi connectivity index (χ4v) is 1.79. The first-order valence-electron chi connectivity index (χ1n) is 6.56. The van der Waals surface area contributed by atoms with Gasteiger partial charge < -0.3 is 20.2 Å². The van der Waals surface area contributed by atoms with Gasteiger partial charge in [0.25, 0.3) is 5.91 Å². The summed E-state index contributed by atoms with van der Waals surface area (Å²) < 4.78 is 5.17. The van der Waals surface area contributed by atoms with Crippen molar-refractivity contribution in [3.05, 3.63) is 57.8 Å². The second kappa shape index (κ2) is 6.66. The minimum absolute atomic E-state index is 0.0391. The Kier molecular flexibility index (Phi) is 4.67. The number of carbonyl (C=O) groups is 1. The predicted molar refractivity (Wildman–Crippen MR) is 80.9 cm³/mol. The number of benzene rings is 1. The van der Waals surface area contributed by atoms with E-state index < -0.39 is 16.6 Å². The third-order valence-corrected chi connectivity index (χ3v) is 3.07. The zero-order chi connectivity index (χ0) is 16.1. The number of rotatable bonds is 5. The van der Waals surface area contributed by atoms with E-state index in [9.17, 15) is 14.9 Å². The molecule has 0 atom stereocenters. The number of pyridine rings is 1. The van der Waals surface area contributed by atoms with Gasteiger partial charge in [-0.2, -0.15) is 0 Å². The van der Waals surface area contributed by atoms with Gasteiger partial charge in [0.05, 0.1) is 0 Å². The molecule has 114 valence electrons. The lowest BCUT2D eigenvalue weighted by atomic mass is 10.1. The molecule has 0 radical (unpaired) electrons. The molecule has 1 aromatic carbocycles. The van der Waals surface area contributed by atoms with Crippen molar-refractivity contribution < 1.29 is 14.5 Å². The van der Waals surface area contributed by atoms with Crippen molar-refractivity contribution in [3.63, 3.8) is 0 Å². The molecular formula is C15H15N3O4. The van der Waals surface area contributed by atoms with Gasteiger partial charge >= 0.3 is 5.82 Å². The minimum atomic E-state index is -0.656. The van der Waals surface area contributed by atoms with Crippen molar-refractivity contribution in [2.45, 2.75) is 13.8 Å². The second-order valence-electron chi connectivity index (χ2n) is 4.72. The Balaban J connectivity index is 1.98. The van der Waals surface area contributed by atoms with Gasteiger partial charge in [-0.05, 0) is 59.1 Å². The first-order valence-corrected chi connectivity index (χ1v) is 6.56. The third-order valence-electron chi connectivity index (χ3n) is 3.07. The van der Waals surface area contributed by atoms with Crippen LogP contribution in [0.1, 0.15) is 11.1 Å². The molecule has 0 aliphatic heterocycles. The standard InChI is InChI=1S/C15H15N3O4/c1-10-5-6-12(8-11(10)2)17-14(19)9-22-13-4-3-7-16-15(13)18(20)21/h3-8H,9H2,1-2H3,(H,17,19). The molecule has 1 N–H and O–H groups in total. The van der Waals surface area contributed by atoms with Gasteiger partial charge in [0.1, 0.15) is 6.20 Å². The molecule has 0 unspecified atom stereocenters. The molecule has 7 heteroatoms. The zero-order valence-electron chi connectivity index (χ0n) is 12.2. The van der Waals surface area contributed by atoms with Crippen LogP contribution in [-0.2, 0) is 4.79 Å². The number of aromatic nitrogens is 1. The van der Waals surface area contributed by atoms with Crippen molar-refractivity contribution in [1.29, 1.82) is 0 Å². The fourth-order valence-electron chi connectivity index (χ4n) is 1.79. The van der Waals surface area contributed by atoms with Crippen molar-refractivity contribution >= 4 is 17.4 Å². The summed E-state index contributed by atoms with van der Waals surface area (Å²) in [7, 11) is 0. The van der Waals surface area contributed by atoms with Crippen LogP contribution in [0.15, 0.2) is 36.5 Å². The van der Waals surface area contributed by atoms with E-state index in [0.29, 0.717) is 5.69 Å². The average molecular weight is 301 g/mol. The summed E-state index contributed by atoms with van der Waals surface area (Å²) in [4.78, 5) is 25.6. The maximum Gasteiger partial charge on any atom is 0.406 e. The average Bonchev–Trinajstić information content (AvgIpc) is 2.49. The van der Waals surface area contributed by atoms with Crippen LogP contribution >= 0.6 is 0 Å². The molecule has 1 amide bonds. The summed E-state index contributed by atoms with van der Waals surface area (Å²) in [6.07, 6.45) is 1.29. The number of hydrogen-bond acceptors (Lipinski definition) is 5. The molecule has 0 saturated carbocycles. The van der Waals surface area contributed by atoms with E-state index in [-0.39, 0.29) is 12.4 Å². The molecule has 7 nitrogen and oxygen atoms in total. The van der Waals surface area contributed by atoms with Crippen LogP contribution in [0, 0.1) is 24.0 Å². The molecule has 0 saturated heterocycles. The molecule has 0 aliphatic carbocycles. The Morgan fingerprint density at radius 1 is 1.32 bits per heavy atom. The van der Waals surface area contributed by atoms with Crippen LogP contribution in [0.3, 0.4) is 0 Å². The van der Waals surface area contributed by atoms with E-state index in [1.807, 2.05) is 26.0 Å². The van der Waals surface area contributed by atoms with Crippen LogP contribution < -0.4 is 10.1 Å². The highest BCUT2D eigenvalue weighted by molar-refractivity contribution is 5.92. The van der Waals surface area contributed by atoms with E-state index >= 15 is 0 Å². The van der Waals surface area contributed by atoms with E-state index in [4.69, 9.17) is 4.74 Å². The van der Waals surface area contributed by atoms with Gasteiger partial charge in [0.15, 0.2) is 6.61 Å². The van der Waals surface area contributed by atoms with E-state index in [0.717, 1.165) is 11.1 Å². The molecule has 2 rings (SSSR count). The number of nitrogens with one attached hydrogen (secondary N) is 1. The lowest BCUT2D eigenvalue weighted by Gasteiger charge is -2.09. The lowest BCUT2D eigenvalue weighted by molar-refractivity contribution is -0.390. The lowest BCUT2D eigenvalue weighted by Crippen LogP contribution is -2.20. The summed E-state index contributed by atoms with van der Waals surface area (Å²) in [6.45, 7) is 3.59. The SMILES string of the molecule is Cc1ccc(NC(=O)COc2cccnc2[N+](=O)[O-])cc1C. The Labute approximate surface area is 127 Å². The zero-order valence-corrected chi connectivity index (χ0v) is 12.2. The van der Waals surface area contributed by atoms with E-state index in [1.54, 1.807) is 6.07 Å². The molecular weight excluding hydrogens is 286 g/mol. The van der Waals surface area contributed by atoms with Crippen molar-refractivity contribution in [3.8, 4) is 5.75 Å². The monoisotopic (exact) mass is 301 g/mol. The summed E-state index contributed by atoms with van der Waals surface area (Å²) in [6, 6.07) is 8.43. The number of aryl methyl sites for hydroxylation is 2. The largest absolute Gasteiger partial charge is 0.476 e. The Hall–Kier alpha value is -2.96. The molecule has 1 heterocycles. The Bertz CT molecular complexity index is 716. The number of ether oxygens (including phenoxy) is 1. The van der Waals surface area contributed by atoms with Crippen molar-refractivity contribution in [2.75, 3.05) is 11.9 Å².